The van der Waals surface area contributed by atoms with E-state index in [0.29, 0.717) is 32.1 Å². The van der Waals surface area contributed by atoms with Crippen molar-refractivity contribution < 1.29 is 139 Å². The Morgan fingerprint density at radius 1 is 0.553 bits per heavy atom. The molecular formula is C57H92O28. The predicted molar refractivity (Wildman–Crippen MR) is 282 cm³/mol. The van der Waals surface area contributed by atoms with Gasteiger partial charge in [-0.1, -0.05) is 45.8 Å². The number of hydrogen-bond donors (Lipinski definition) is 16. The van der Waals surface area contributed by atoms with Gasteiger partial charge in [-0.25, -0.2) is 0 Å². The minimum absolute atomic E-state index is 0.129. The summed E-state index contributed by atoms with van der Waals surface area (Å²) >= 11 is 0. The minimum atomic E-state index is -2.06. The van der Waals surface area contributed by atoms with Crippen molar-refractivity contribution in [3.8, 4) is 0 Å². The van der Waals surface area contributed by atoms with E-state index < -0.39 is 216 Å². The van der Waals surface area contributed by atoms with Crippen LogP contribution in [0.1, 0.15) is 98.8 Å². The number of aliphatic hydroxyl groups is 16. The number of carbonyl (C=O) groups excluding carboxylic acids is 1. The zero-order chi connectivity index (χ0) is 61.6. The van der Waals surface area contributed by atoms with Crippen molar-refractivity contribution in [2.45, 2.75) is 258 Å². The summed E-state index contributed by atoms with van der Waals surface area (Å²) in [7, 11) is 0. The second kappa shape index (κ2) is 25.4. The highest BCUT2D eigenvalue weighted by molar-refractivity contribution is 5.83. The van der Waals surface area contributed by atoms with Gasteiger partial charge < -0.3 is 134 Å². The second-order valence-electron chi connectivity index (χ2n) is 26.3. The number of fused-ring (bicyclic) bond motifs is 5. The molecule has 0 bridgehead atoms. The SMILES string of the molecule is CCC(=O)[C@@H]1C[C@@H](C)[C@]2(CC[C@@]3(C)C4=C(CC[C@@]32C)[C@@]2(C)CC[C@H](O[C@@H]3O[C@H](CO[C@H]5OC[C@@H](O)[C@@H](O)[C@@H]5O[C@@H]5O[C@H](CO)[C@@H](O)[C@H](O[C@@H]6O[C@H](CO)[C@H](O)[C@H](O)[C@H]6O)[C@H]5O[C@@H]5O[C@@H](CO)[C@H](O)[C@H]5O)[C@@H](O)[C@H](O)[C@H]3O)C(CO)(CO)[C@@H]2CC4)O1. The summed E-state index contributed by atoms with van der Waals surface area (Å²) in [6.07, 6.45) is -36.7. The van der Waals surface area contributed by atoms with Crippen molar-refractivity contribution in [1.82, 2.24) is 0 Å². The third-order valence-electron chi connectivity index (χ3n) is 22.3. The fraction of sp³-hybridized carbons (Fsp3) is 0.947. The average Bonchev–Trinajstić information content (AvgIpc) is 1.61. The molecule has 16 N–H and O–H groups in total. The predicted octanol–water partition coefficient (Wildman–Crippen LogP) is -5.03. The topological polar surface area (TPSA) is 442 Å². The number of Topliss-reactive ketones (excluding diaryl/α,β-unsaturated/α-hetero) is 1. The summed E-state index contributed by atoms with van der Waals surface area (Å²) < 4.78 is 66.8. The van der Waals surface area contributed by atoms with E-state index in [9.17, 15) is 86.5 Å². The first-order valence-corrected chi connectivity index (χ1v) is 30.2. The van der Waals surface area contributed by atoms with E-state index in [-0.39, 0.29) is 34.9 Å². The quantitative estimate of drug-likeness (QED) is 0.0571. The molecule has 0 amide bonds. The number of ether oxygens (including phenoxy) is 11. The fourth-order valence-electron chi connectivity index (χ4n) is 17.0. The molecular weight excluding hydrogens is 1130 g/mol. The van der Waals surface area contributed by atoms with Gasteiger partial charge in [-0.3, -0.25) is 4.79 Å². The Hall–Kier alpha value is -1.67. The third-order valence-corrected chi connectivity index (χ3v) is 22.3. The summed E-state index contributed by atoms with van der Waals surface area (Å²) in [5, 5.41) is 175. The molecule has 85 heavy (non-hydrogen) atoms. The van der Waals surface area contributed by atoms with Crippen LogP contribution in [0, 0.1) is 33.5 Å². The summed E-state index contributed by atoms with van der Waals surface area (Å²) in [4.78, 5) is 13.0. The lowest BCUT2D eigenvalue weighted by Gasteiger charge is -2.64. The number of aliphatic hydroxyl groups excluding tert-OH is 16. The lowest BCUT2D eigenvalue weighted by Crippen LogP contribution is -2.67. The largest absolute Gasteiger partial charge is 0.396 e. The zero-order valence-corrected chi connectivity index (χ0v) is 48.7. The summed E-state index contributed by atoms with van der Waals surface area (Å²) in [6, 6.07) is 0. The van der Waals surface area contributed by atoms with Gasteiger partial charge in [-0.2, -0.15) is 0 Å². The number of ketones is 1. The molecule has 28 heteroatoms. The molecule has 6 heterocycles. The molecule has 31 atom stereocenters. The van der Waals surface area contributed by atoms with Gasteiger partial charge in [0.15, 0.2) is 37.2 Å². The summed E-state index contributed by atoms with van der Waals surface area (Å²) in [6.45, 7) is 6.03. The average molecular weight is 1230 g/mol. The molecule has 4 aliphatic carbocycles. The molecule has 28 nitrogen and oxygen atoms in total. The van der Waals surface area contributed by atoms with Gasteiger partial charge in [0.2, 0.25) is 0 Å². The smallest absolute Gasteiger partial charge is 0.187 e. The van der Waals surface area contributed by atoms with Gasteiger partial charge in [0.25, 0.3) is 0 Å². The van der Waals surface area contributed by atoms with Gasteiger partial charge in [0.05, 0.1) is 58.0 Å². The normalized spacial score (nSPS) is 52.5. The Kier molecular flexibility index (Phi) is 19.8. The standard InChI is InChI=1S/C57H92O28/c1-6-26(63)28-15-23(2)57(85-28)14-13-54(4)25-7-8-33-53(3,24(25)9-12-55(54,57)5)11-10-34(56(33,21-61)22-62)81-48-43(73)41(71)38(68)32(80-48)20-76-51-46(35(65)27(64)19-75-51)83-52-47(84-49-42(72)37(67)30(17-59)78-49)45(39(69)31(18-60)79-52)82-50-44(74)40(70)36(66)29(16-58)77-50/h23,27-52,58-62,64-74H,6-22H2,1-5H3/t23-,27-,28+,29-,30+,31-,32-,33-,34+,35-,36+,37+,38-,39-,40+,41+,42-,43-,44-,45+,46+,47-,48+,49+,50+,51-,52+,53-,54+,55+,57+/m1/s1. The molecule has 6 aliphatic heterocycles. The Morgan fingerprint density at radius 3 is 1.71 bits per heavy atom. The second-order valence-corrected chi connectivity index (χ2v) is 26.3. The van der Waals surface area contributed by atoms with Crippen LogP contribution in [-0.2, 0) is 56.9 Å². The number of rotatable bonds is 18. The van der Waals surface area contributed by atoms with Crippen molar-refractivity contribution in [2.75, 3.05) is 46.2 Å². The molecule has 0 aromatic heterocycles. The van der Waals surface area contributed by atoms with E-state index >= 15 is 0 Å². The van der Waals surface area contributed by atoms with Crippen molar-refractivity contribution >= 4 is 5.78 Å². The lowest BCUT2D eigenvalue weighted by atomic mass is 9.42. The maximum Gasteiger partial charge on any atom is 0.187 e. The summed E-state index contributed by atoms with van der Waals surface area (Å²) in [5.74, 6) is 0.00180. The molecule has 0 aromatic carbocycles. The Morgan fingerprint density at radius 2 is 1.09 bits per heavy atom. The third kappa shape index (κ3) is 10.8. The van der Waals surface area contributed by atoms with Crippen LogP contribution in [0.5, 0.6) is 0 Å². The lowest BCUT2D eigenvalue weighted by molar-refractivity contribution is -0.397. The van der Waals surface area contributed by atoms with Crippen LogP contribution < -0.4 is 0 Å². The van der Waals surface area contributed by atoms with E-state index in [1.165, 1.54) is 11.1 Å². The van der Waals surface area contributed by atoms with Crippen LogP contribution >= 0.6 is 0 Å². The van der Waals surface area contributed by atoms with Crippen molar-refractivity contribution in [3.05, 3.63) is 11.1 Å². The van der Waals surface area contributed by atoms with Crippen molar-refractivity contribution in [1.29, 1.82) is 0 Å². The Labute approximate surface area is 492 Å². The van der Waals surface area contributed by atoms with Crippen LogP contribution in [0.25, 0.3) is 0 Å². The highest BCUT2D eigenvalue weighted by Gasteiger charge is 2.72. The first kappa shape index (κ1) is 66.3. The van der Waals surface area contributed by atoms with E-state index in [1.807, 2.05) is 6.92 Å². The highest BCUT2D eigenvalue weighted by atomic mass is 16.8. The van der Waals surface area contributed by atoms with Gasteiger partial charge in [-0.15, -0.1) is 0 Å². The maximum atomic E-state index is 13.0. The van der Waals surface area contributed by atoms with Gasteiger partial charge in [-0.05, 0) is 80.5 Å². The van der Waals surface area contributed by atoms with Gasteiger partial charge in [0.1, 0.15) is 116 Å². The van der Waals surface area contributed by atoms with Crippen LogP contribution in [0.2, 0.25) is 0 Å². The summed E-state index contributed by atoms with van der Waals surface area (Å²) in [5.41, 5.74) is -0.0150. The molecule has 0 aromatic rings. The molecule has 6 saturated heterocycles. The first-order chi connectivity index (χ1) is 40.3. The van der Waals surface area contributed by atoms with Crippen molar-refractivity contribution in [3.63, 3.8) is 0 Å². The molecule has 2 saturated carbocycles. The minimum Gasteiger partial charge on any atom is -0.396 e. The van der Waals surface area contributed by atoms with E-state index in [0.717, 1.165) is 25.7 Å². The van der Waals surface area contributed by atoms with Gasteiger partial charge in [0, 0.05) is 17.3 Å². The van der Waals surface area contributed by atoms with E-state index in [4.69, 9.17) is 52.1 Å². The Bertz CT molecular complexity index is 2330. The molecule has 10 rings (SSSR count). The fourth-order valence-corrected chi connectivity index (χ4v) is 17.0. The maximum absolute atomic E-state index is 13.0. The van der Waals surface area contributed by atoms with Crippen LogP contribution in [0.3, 0.4) is 0 Å². The van der Waals surface area contributed by atoms with E-state index in [2.05, 4.69) is 27.7 Å². The first-order valence-electron chi connectivity index (χ1n) is 30.2. The van der Waals surface area contributed by atoms with E-state index in [1.54, 1.807) is 0 Å². The highest BCUT2D eigenvalue weighted by Crippen LogP contribution is 2.75. The monoisotopic (exact) mass is 1220 g/mol. The molecule has 10 aliphatic rings. The number of carbonyl (C=O) groups is 1. The molecule has 1 spiro atoms. The zero-order valence-electron chi connectivity index (χ0n) is 48.7. The number of allylic oxidation sites excluding steroid dienone is 2. The van der Waals surface area contributed by atoms with Crippen LogP contribution in [0.4, 0.5) is 0 Å². The van der Waals surface area contributed by atoms with Crippen molar-refractivity contribution in [2.24, 2.45) is 33.5 Å². The molecule has 0 unspecified atom stereocenters. The number of hydrogen-bond acceptors (Lipinski definition) is 28. The Balaban J connectivity index is 0.863. The van der Waals surface area contributed by atoms with Gasteiger partial charge >= 0.3 is 0 Å². The van der Waals surface area contributed by atoms with Crippen LogP contribution in [0.15, 0.2) is 11.1 Å². The molecule has 488 valence electrons. The van der Waals surface area contributed by atoms with Crippen LogP contribution in [-0.4, -0.2) is 293 Å². The molecule has 8 fully saturated rings. The molecule has 0 radical (unpaired) electrons.